The number of aliphatic imine (C=N–C) groups is 1. The third-order valence-electron chi connectivity index (χ3n) is 4.17. The molecule has 0 saturated carbocycles. The topological polar surface area (TPSA) is 79.8 Å². The number of hydrogen-bond acceptors (Lipinski definition) is 4. The molecule has 31 heavy (non-hydrogen) atoms. The molecule has 0 saturated heterocycles. The van der Waals surface area contributed by atoms with Gasteiger partial charge in [-0.15, -0.1) is 0 Å². The summed E-state index contributed by atoms with van der Waals surface area (Å²) in [5.41, 5.74) is 1.75. The van der Waals surface area contributed by atoms with Crippen LogP contribution in [0.4, 0.5) is 4.39 Å². The Hall–Kier alpha value is -2.61. The van der Waals surface area contributed by atoms with Gasteiger partial charge in [-0.25, -0.2) is 17.8 Å². The van der Waals surface area contributed by atoms with E-state index in [4.69, 9.17) is 4.74 Å². The van der Waals surface area contributed by atoms with Crippen LogP contribution in [0.2, 0.25) is 0 Å². The molecule has 2 rings (SSSR count). The van der Waals surface area contributed by atoms with Crippen molar-refractivity contribution < 1.29 is 17.5 Å². The van der Waals surface area contributed by atoms with Crippen molar-refractivity contribution in [3.63, 3.8) is 0 Å². The largest absolute Gasteiger partial charge is 0.488 e. The van der Waals surface area contributed by atoms with Gasteiger partial charge in [-0.05, 0) is 57.0 Å². The summed E-state index contributed by atoms with van der Waals surface area (Å²) in [6, 6.07) is 11.9. The number of hydrogen-bond donors (Lipinski definition) is 2. The minimum atomic E-state index is -3.24. The molecule has 0 spiro atoms. The lowest BCUT2D eigenvalue weighted by Gasteiger charge is -2.23. The highest BCUT2D eigenvalue weighted by molar-refractivity contribution is 7.89. The Morgan fingerprint density at radius 3 is 2.42 bits per heavy atom. The van der Waals surface area contributed by atoms with Gasteiger partial charge in [-0.2, -0.15) is 0 Å². The summed E-state index contributed by atoms with van der Waals surface area (Å²) >= 11 is 0. The molecule has 0 fully saturated rings. The molecule has 6 nitrogen and oxygen atoms in total. The highest BCUT2D eigenvalue weighted by Gasteiger charge is 2.15. The Morgan fingerprint density at radius 2 is 1.77 bits per heavy atom. The van der Waals surface area contributed by atoms with Crippen LogP contribution in [0.1, 0.15) is 44.4 Å². The zero-order valence-electron chi connectivity index (χ0n) is 18.8. The van der Waals surface area contributed by atoms with Crippen LogP contribution in [-0.2, 0) is 28.7 Å². The molecule has 0 aliphatic carbocycles. The van der Waals surface area contributed by atoms with Gasteiger partial charge in [0, 0.05) is 24.9 Å². The summed E-state index contributed by atoms with van der Waals surface area (Å²) in [5, 5.41) is 6.42. The van der Waals surface area contributed by atoms with E-state index in [9.17, 15) is 12.8 Å². The zero-order chi connectivity index (χ0) is 23.1. The molecule has 0 unspecified atom stereocenters. The summed E-state index contributed by atoms with van der Waals surface area (Å²) < 4.78 is 43.2. The molecule has 2 aromatic carbocycles. The second-order valence-electron chi connectivity index (χ2n) is 8.35. The van der Waals surface area contributed by atoms with Gasteiger partial charge in [0.1, 0.15) is 17.2 Å². The molecule has 2 aromatic rings. The number of para-hydroxylation sites is 1. The molecule has 0 radical (unpaired) electrons. The van der Waals surface area contributed by atoms with Gasteiger partial charge in [0.15, 0.2) is 15.8 Å². The van der Waals surface area contributed by atoms with Crippen LogP contribution in [0, 0.1) is 5.82 Å². The highest BCUT2D eigenvalue weighted by atomic mass is 32.2. The first-order valence-corrected chi connectivity index (χ1v) is 12.3. The number of rotatable bonds is 8. The molecule has 0 heterocycles. The average molecular weight is 450 g/mol. The van der Waals surface area contributed by atoms with E-state index >= 15 is 0 Å². The van der Waals surface area contributed by atoms with Crippen LogP contribution in [0.5, 0.6) is 5.75 Å². The fraction of sp³-hybridized carbons (Fsp3) is 0.435. The second-order valence-corrected chi connectivity index (χ2v) is 10.5. The minimum absolute atomic E-state index is 0.151. The standard InChI is InChI=1S/C23H32FN3O3S/c1-6-25-22(26-14-17-9-7-8-10-21(17)30-23(2,3)4)27-15-19-13-20(24)12-11-18(19)16-31(5,28)29/h7-13H,6,14-16H2,1-5H3,(H2,25,26,27). The number of nitrogens with one attached hydrogen (secondary N) is 2. The van der Waals surface area contributed by atoms with Crippen LogP contribution in [0.25, 0.3) is 0 Å². The lowest BCUT2D eigenvalue weighted by atomic mass is 10.1. The first-order chi connectivity index (χ1) is 14.5. The molecular weight excluding hydrogens is 417 g/mol. The first-order valence-electron chi connectivity index (χ1n) is 10.2. The Balaban J connectivity index is 2.18. The van der Waals surface area contributed by atoms with Crippen molar-refractivity contribution in [3.8, 4) is 5.75 Å². The number of benzene rings is 2. The van der Waals surface area contributed by atoms with Gasteiger partial charge in [0.2, 0.25) is 0 Å². The maximum absolute atomic E-state index is 13.8. The van der Waals surface area contributed by atoms with E-state index in [1.807, 2.05) is 52.0 Å². The quantitative estimate of drug-likeness (QED) is 0.473. The molecule has 0 amide bonds. The maximum atomic E-state index is 13.8. The number of nitrogens with zero attached hydrogens (tertiary/aromatic N) is 1. The predicted octanol–water partition coefficient (Wildman–Crippen LogP) is 3.80. The number of ether oxygens (including phenoxy) is 1. The van der Waals surface area contributed by atoms with E-state index in [0.717, 1.165) is 17.6 Å². The summed E-state index contributed by atoms with van der Waals surface area (Å²) in [6.07, 6.45) is 1.16. The fourth-order valence-electron chi connectivity index (χ4n) is 2.93. The Kier molecular flexibility index (Phi) is 8.44. The van der Waals surface area contributed by atoms with Crippen molar-refractivity contribution in [2.24, 2.45) is 4.99 Å². The summed E-state index contributed by atoms with van der Waals surface area (Å²) in [4.78, 5) is 4.53. The van der Waals surface area contributed by atoms with E-state index in [1.165, 1.54) is 18.2 Å². The lowest BCUT2D eigenvalue weighted by Crippen LogP contribution is -2.37. The molecule has 0 aromatic heterocycles. The average Bonchev–Trinajstić information content (AvgIpc) is 2.64. The lowest BCUT2D eigenvalue weighted by molar-refractivity contribution is 0.129. The van der Waals surface area contributed by atoms with Gasteiger partial charge >= 0.3 is 0 Å². The van der Waals surface area contributed by atoms with Crippen molar-refractivity contribution in [2.45, 2.75) is 52.1 Å². The molecule has 0 bridgehead atoms. The first kappa shape index (κ1) is 24.7. The van der Waals surface area contributed by atoms with Crippen molar-refractivity contribution in [3.05, 3.63) is 65.0 Å². The number of halogens is 1. The van der Waals surface area contributed by atoms with Crippen molar-refractivity contribution in [1.29, 1.82) is 0 Å². The molecule has 170 valence electrons. The van der Waals surface area contributed by atoms with E-state index in [2.05, 4.69) is 15.6 Å². The maximum Gasteiger partial charge on any atom is 0.191 e. The Morgan fingerprint density at radius 1 is 1.06 bits per heavy atom. The molecule has 0 aliphatic rings. The fourth-order valence-corrected chi connectivity index (χ4v) is 3.78. The second kappa shape index (κ2) is 10.6. The summed E-state index contributed by atoms with van der Waals surface area (Å²) in [5.74, 6) is 0.759. The van der Waals surface area contributed by atoms with E-state index in [-0.39, 0.29) is 17.9 Å². The number of guanidine groups is 1. The van der Waals surface area contributed by atoms with Crippen LogP contribution < -0.4 is 15.4 Å². The van der Waals surface area contributed by atoms with Gasteiger partial charge < -0.3 is 15.4 Å². The van der Waals surface area contributed by atoms with E-state index in [1.54, 1.807) is 0 Å². The molecule has 0 atom stereocenters. The third-order valence-corrected chi connectivity index (χ3v) is 5.01. The smallest absolute Gasteiger partial charge is 0.191 e. The third kappa shape index (κ3) is 8.96. The van der Waals surface area contributed by atoms with Crippen molar-refractivity contribution >= 4 is 15.8 Å². The molecule has 0 aliphatic heterocycles. The van der Waals surface area contributed by atoms with Crippen LogP contribution in [0.15, 0.2) is 47.5 Å². The van der Waals surface area contributed by atoms with Crippen LogP contribution in [0.3, 0.4) is 0 Å². The normalized spacial score (nSPS) is 12.5. The van der Waals surface area contributed by atoms with Gasteiger partial charge in [0.05, 0.1) is 12.3 Å². The van der Waals surface area contributed by atoms with Gasteiger partial charge in [-0.3, -0.25) is 0 Å². The van der Waals surface area contributed by atoms with Crippen molar-refractivity contribution in [2.75, 3.05) is 12.8 Å². The van der Waals surface area contributed by atoms with Gasteiger partial charge in [-0.1, -0.05) is 24.3 Å². The van der Waals surface area contributed by atoms with Crippen LogP contribution >= 0.6 is 0 Å². The molecule has 8 heteroatoms. The monoisotopic (exact) mass is 449 g/mol. The minimum Gasteiger partial charge on any atom is -0.488 e. The SMILES string of the molecule is CCNC(=NCc1cc(F)ccc1CS(C)(=O)=O)NCc1ccccc1OC(C)(C)C. The predicted molar refractivity (Wildman–Crippen MR) is 123 cm³/mol. The Labute approximate surface area is 184 Å². The summed E-state index contributed by atoms with van der Waals surface area (Å²) in [7, 11) is -3.24. The summed E-state index contributed by atoms with van der Waals surface area (Å²) in [6.45, 7) is 9.22. The number of sulfone groups is 1. The molecular formula is C23H32FN3O3S. The molecule has 2 N–H and O–H groups in total. The van der Waals surface area contributed by atoms with Crippen molar-refractivity contribution in [1.82, 2.24) is 10.6 Å². The highest BCUT2D eigenvalue weighted by Crippen LogP contribution is 2.23. The van der Waals surface area contributed by atoms with Gasteiger partial charge in [0.25, 0.3) is 0 Å². The van der Waals surface area contributed by atoms with E-state index < -0.39 is 15.7 Å². The Bertz CT molecular complexity index is 1010. The van der Waals surface area contributed by atoms with E-state index in [0.29, 0.717) is 30.2 Å². The zero-order valence-corrected chi connectivity index (χ0v) is 19.6. The van der Waals surface area contributed by atoms with Crippen LogP contribution in [-0.4, -0.2) is 32.8 Å².